The van der Waals surface area contributed by atoms with Gasteiger partial charge in [0.25, 0.3) is 0 Å². The molecule has 1 aromatic carbocycles. The summed E-state index contributed by atoms with van der Waals surface area (Å²) in [6.45, 7) is 3.28. The Morgan fingerprint density at radius 1 is 1.35 bits per heavy atom. The van der Waals surface area contributed by atoms with Gasteiger partial charge in [-0.25, -0.2) is 4.79 Å². The van der Waals surface area contributed by atoms with Crippen LogP contribution in [-0.4, -0.2) is 29.6 Å². The number of carboxylic acid groups (broad SMARTS) is 1. The number of carbonyl (C=O) groups excluding carboxylic acids is 1. The summed E-state index contributed by atoms with van der Waals surface area (Å²) in [5.74, 6) is -1.47. The predicted molar refractivity (Wildman–Crippen MR) is 72.8 cm³/mol. The topological polar surface area (TPSA) is 102 Å². The van der Waals surface area contributed by atoms with E-state index in [-0.39, 0.29) is 18.5 Å². The summed E-state index contributed by atoms with van der Waals surface area (Å²) < 4.78 is 0. The maximum atomic E-state index is 11.0. The zero-order valence-electron chi connectivity index (χ0n) is 11.4. The van der Waals surface area contributed by atoms with Crippen LogP contribution in [0.15, 0.2) is 24.3 Å². The fourth-order valence-electron chi connectivity index (χ4n) is 1.70. The Hall–Kier alpha value is -2.39. The zero-order chi connectivity index (χ0) is 15.1. The Balaban J connectivity index is 2.60. The summed E-state index contributed by atoms with van der Waals surface area (Å²) in [5.41, 5.74) is 1.51. The number of aliphatic carboxylic acids is 1. The molecule has 2 unspecified atom stereocenters. The molecule has 0 heterocycles. The number of nitriles is 1. The van der Waals surface area contributed by atoms with E-state index in [1.54, 1.807) is 12.1 Å². The molecule has 20 heavy (non-hydrogen) atoms. The predicted octanol–water partition coefficient (Wildman–Crippen LogP) is 0.798. The largest absolute Gasteiger partial charge is 0.480 e. The van der Waals surface area contributed by atoms with Crippen molar-refractivity contribution in [3.05, 3.63) is 35.4 Å². The fraction of sp³-hybridized carbons (Fsp3) is 0.357. The van der Waals surface area contributed by atoms with Gasteiger partial charge in [0, 0.05) is 19.5 Å². The number of amides is 1. The maximum Gasteiger partial charge on any atom is 0.327 e. The van der Waals surface area contributed by atoms with Gasteiger partial charge in [-0.3, -0.25) is 4.79 Å². The van der Waals surface area contributed by atoms with Gasteiger partial charge < -0.3 is 15.7 Å². The van der Waals surface area contributed by atoms with Crippen LogP contribution >= 0.6 is 0 Å². The van der Waals surface area contributed by atoms with E-state index < -0.39 is 12.0 Å². The van der Waals surface area contributed by atoms with Gasteiger partial charge in [0.2, 0.25) is 5.91 Å². The van der Waals surface area contributed by atoms with Crippen LogP contribution in [0.25, 0.3) is 0 Å². The Labute approximate surface area is 117 Å². The molecule has 106 valence electrons. The number of hydrogen-bond donors (Lipinski definition) is 3. The van der Waals surface area contributed by atoms with Crippen LogP contribution in [0.3, 0.4) is 0 Å². The summed E-state index contributed by atoms with van der Waals surface area (Å²) in [6.07, 6.45) is 0. The number of benzene rings is 1. The second-order valence-corrected chi connectivity index (χ2v) is 4.46. The molecule has 1 rings (SSSR count). The molecule has 0 fully saturated rings. The molecular formula is C14H17N3O3. The fourth-order valence-corrected chi connectivity index (χ4v) is 1.70. The van der Waals surface area contributed by atoms with Gasteiger partial charge in [-0.2, -0.15) is 5.26 Å². The Morgan fingerprint density at radius 3 is 2.40 bits per heavy atom. The number of nitrogens with one attached hydrogen (secondary N) is 2. The van der Waals surface area contributed by atoms with Crippen molar-refractivity contribution >= 4 is 11.9 Å². The van der Waals surface area contributed by atoms with Crippen LogP contribution in [-0.2, 0) is 9.59 Å². The minimum Gasteiger partial charge on any atom is -0.480 e. The first-order valence-corrected chi connectivity index (χ1v) is 6.17. The van der Waals surface area contributed by atoms with E-state index in [2.05, 4.69) is 10.6 Å². The van der Waals surface area contributed by atoms with Gasteiger partial charge in [0.1, 0.15) is 6.04 Å². The van der Waals surface area contributed by atoms with Crippen LogP contribution in [0, 0.1) is 11.3 Å². The summed E-state index contributed by atoms with van der Waals surface area (Å²) in [7, 11) is 0. The maximum absolute atomic E-state index is 11.0. The van der Waals surface area contributed by atoms with E-state index in [0.717, 1.165) is 5.56 Å². The van der Waals surface area contributed by atoms with Crippen molar-refractivity contribution in [2.24, 2.45) is 0 Å². The Kier molecular flexibility index (Phi) is 5.69. The molecule has 1 aromatic rings. The minimum atomic E-state index is -1.08. The average molecular weight is 275 g/mol. The lowest BCUT2D eigenvalue weighted by molar-refractivity contribution is -0.141. The molecule has 3 N–H and O–H groups in total. The van der Waals surface area contributed by atoms with E-state index in [9.17, 15) is 9.59 Å². The van der Waals surface area contributed by atoms with E-state index in [1.807, 2.05) is 25.1 Å². The van der Waals surface area contributed by atoms with Crippen LogP contribution in [0.5, 0.6) is 0 Å². The molecule has 0 radical (unpaired) electrons. The number of carbonyl (C=O) groups is 2. The summed E-state index contributed by atoms with van der Waals surface area (Å²) in [5, 5.41) is 23.1. The molecule has 6 heteroatoms. The Morgan fingerprint density at radius 2 is 1.95 bits per heavy atom. The average Bonchev–Trinajstić information content (AvgIpc) is 2.42. The molecule has 0 aliphatic carbocycles. The molecule has 0 saturated carbocycles. The van der Waals surface area contributed by atoms with Crippen LogP contribution in [0.1, 0.15) is 31.0 Å². The first-order valence-electron chi connectivity index (χ1n) is 6.17. The molecule has 0 saturated heterocycles. The lowest BCUT2D eigenvalue weighted by Crippen LogP contribution is -2.46. The van der Waals surface area contributed by atoms with E-state index in [1.165, 1.54) is 6.92 Å². The van der Waals surface area contributed by atoms with Crippen molar-refractivity contribution in [3.8, 4) is 6.07 Å². The molecule has 0 bridgehead atoms. The third kappa shape index (κ3) is 4.71. The lowest BCUT2D eigenvalue weighted by Gasteiger charge is -2.18. The zero-order valence-corrected chi connectivity index (χ0v) is 11.4. The molecule has 1 amide bonds. The van der Waals surface area contributed by atoms with Crippen molar-refractivity contribution in [2.45, 2.75) is 25.9 Å². The van der Waals surface area contributed by atoms with Crippen LogP contribution < -0.4 is 10.6 Å². The van der Waals surface area contributed by atoms with E-state index in [0.29, 0.717) is 5.56 Å². The SMILES string of the molecule is CC(=O)NC(CNC(C)c1ccc(C#N)cc1)C(=O)O. The van der Waals surface area contributed by atoms with E-state index in [4.69, 9.17) is 10.4 Å². The van der Waals surface area contributed by atoms with E-state index >= 15 is 0 Å². The van der Waals surface area contributed by atoms with Gasteiger partial charge in [-0.05, 0) is 24.6 Å². The standard InChI is InChI=1S/C14H17N3O3/c1-9(12-5-3-11(7-15)4-6-12)16-8-13(14(19)20)17-10(2)18/h3-6,9,13,16H,8H2,1-2H3,(H,17,18)(H,19,20). The molecule has 6 nitrogen and oxygen atoms in total. The highest BCUT2D eigenvalue weighted by Crippen LogP contribution is 2.12. The second kappa shape index (κ2) is 7.26. The smallest absolute Gasteiger partial charge is 0.327 e. The normalized spacial score (nSPS) is 13.1. The van der Waals surface area contributed by atoms with Crippen molar-refractivity contribution in [2.75, 3.05) is 6.54 Å². The van der Waals surface area contributed by atoms with Gasteiger partial charge in [0.05, 0.1) is 11.6 Å². The summed E-state index contributed by atoms with van der Waals surface area (Å²) in [4.78, 5) is 21.9. The molecular weight excluding hydrogens is 258 g/mol. The van der Waals surface area contributed by atoms with Crippen molar-refractivity contribution in [3.63, 3.8) is 0 Å². The summed E-state index contributed by atoms with van der Waals surface area (Å²) in [6, 6.07) is 8.01. The van der Waals surface area contributed by atoms with Crippen LogP contribution in [0.4, 0.5) is 0 Å². The number of nitrogens with zero attached hydrogens (tertiary/aromatic N) is 1. The van der Waals surface area contributed by atoms with Gasteiger partial charge in [-0.1, -0.05) is 12.1 Å². The first-order chi connectivity index (χ1) is 9.43. The molecule has 0 aliphatic heterocycles. The van der Waals surface area contributed by atoms with Crippen molar-refractivity contribution < 1.29 is 14.7 Å². The third-order valence-electron chi connectivity index (χ3n) is 2.84. The highest BCUT2D eigenvalue weighted by molar-refractivity contribution is 5.82. The number of hydrogen-bond acceptors (Lipinski definition) is 4. The highest BCUT2D eigenvalue weighted by Gasteiger charge is 2.19. The van der Waals surface area contributed by atoms with Gasteiger partial charge in [0.15, 0.2) is 0 Å². The molecule has 2 atom stereocenters. The quantitative estimate of drug-likeness (QED) is 0.712. The number of rotatable bonds is 6. The van der Waals surface area contributed by atoms with Gasteiger partial charge in [-0.15, -0.1) is 0 Å². The molecule has 0 spiro atoms. The molecule has 0 aromatic heterocycles. The van der Waals surface area contributed by atoms with Crippen molar-refractivity contribution in [1.82, 2.24) is 10.6 Å². The lowest BCUT2D eigenvalue weighted by atomic mass is 10.1. The highest BCUT2D eigenvalue weighted by atomic mass is 16.4. The summed E-state index contributed by atoms with van der Waals surface area (Å²) >= 11 is 0. The van der Waals surface area contributed by atoms with Crippen LogP contribution in [0.2, 0.25) is 0 Å². The minimum absolute atomic E-state index is 0.0849. The number of carboxylic acids is 1. The molecule has 0 aliphatic rings. The second-order valence-electron chi connectivity index (χ2n) is 4.46. The van der Waals surface area contributed by atoms with Gasteiger partial charge >= 0.3 is 5.97 Å². The third-order valence-corrected chi connectivity index (χ3v) is 2.84. The van der Waals surface area contributed by atoms with Crippen molar-refractivity contribution in [1.29, 1.82) is 5.26 Å². The first kappa shape index (κ1) is 15.7. The Bertz CT molecular complexity index is 519. The monoisotopic (exact) mass is 275 g/mol.